The van der Waals surface area contributed by atoms with Gasteiger partial charge in [-0.05, 0) is 16.7 Å². The molecule has 1 unspecified atom stereocenters. The van der Waals surface area contributed by atoms with Crippen LogP contribution < -0.4 is 0 Å². The fraction of sp³-hybridized carbons (Fsp3) is 0.200. The fourth-order valence-corrected chi connectivity index (χ4v) is 6.01. The zero-order valence-electron chi connectivity index (χ0n) is 17.9. The number of amides is 1. The third-order valence-corrected chi connectivity index (χ3v) is 7.66. The summed E-state index contributed by atoms with van der Waals surface area (Å²) in [5.41, 5.74) is 4.29. The quantitative estimate of drug-likeness (QED) is 0.239. The summed E-state index contributed by atoms with van der Waals surface area (Å²) >= 11 is 2.94. The summed E-state index contributed by atoms with van der Waals surface area (Å²) in [6.07, 6.45) is 1.99. The van der Waals surface area contributed by atoms with Gasteiger partial charge in [0.2, 0.25) is 5.91 Å². The number of thiophene rings is 1. The third-order valence-electron chi connectivity index (χ3n) is 5.79. The highest BCUT2D eigenvalue weighted by Gasteiger charge is 2.35. The molecule has 0 aliphatic carbocycles. The van der Waals surface area contributed by atoms with Gasteiger partial charge in [-0.25, -0.2) is 14.8 Å². The molecule has 0 saturated carbocycles. The Labute approximate surface area is 199 Å². The first-order valence-corrected chi connectivity index (χ1v) is 12.4. The first kappa shape index (κ1) is 21.6. The van der Waals surface area contributed by atoms with Crippen LogP contribution in [-0.4, -0.2) is 45.6 Å². The minimum absolute atomic E-state index is 0.117. The number of esters is 1. The number of hydrogen-bond donors (Lipinski definition) is 0. The summed E-state index contributed by atoms with van der Waals surface area (Å²) in [5, 5.41) is 3.80. The number of hydrogen-bond acceptors (Lipinski definition) is 7. The van der Waals surface area contributed by atoms with Crippen LogP contribution in [0.2, 0.25) is 0 Å². The molecule has 0 radical (unpaired) electrons. The number of methoxy groups -OCH3 is 1. The van der Waals surface area contributed by atoms with Crippen LogP contribution in [0, 0.1) is 0 Å². The maximum absolute atomic E-state index is 13.3. The van der Waals surface area contributed by atoms with E-state index in [9.17, 15) is 9.59 Å². The lowest BCUT2D eigenvalue weighted by atomic mass is 9.94. The lowest BCUT2D eigenvalue weighted by molar-refractivity contribution is -0.153. The van der Waals surface area contributed by atoms with Gasteiger partial charge < -0.3 is 9.64 Å². The zero-order valence-corrected chi connectivity index (χ0v) is 19.6. The van der Waals surface area contributed by atoms with Gasteiger partial charge in [-0.15, -0.1) is 11.3 Å². The Hall–Kier alpha value is -3.23. The summed E-state index contributed by atoms with van der Waals surface area (Å²) < 4.78 is 5.00. The molecular weight excluding hydrogens is 454 g/mol. The molecule has 1 atom stereocenters. The predicted octanol–water partition coefficient (Wildman–Crippen LogP) is 4.58. The molecule has 0 bridgehead atoms. The number of benzene rings is 2. The minimum atomic E-state index is -0.621. The van der Waals surface area contributed by atoms with Gasteiger partial charge in [-0.2, -0.15) is 0 Å². The molecule has 33 heavy (non-hydrogen) atoms. The highest BCUT2D eigenvalue weighted by atomic mass is 32.2. The van der Waals surface area contributed by atoms with Crippen molar-refractivity contribution in [3.8, 4) is 11.1 Å². The van der Waals surface area contributed by atoms with E-state index in [1.165, 1.54) is 25.2 Å². The van der Waals surface area contributed by atoms with E-state index in [1.54, 1.807) is 16.2 Å². The Bertz CT molecular complexity index is 1320. The summed E-state index contributed by atoms with van der Waals surface area (Å²) in [5.74, 6) is -0.337. The Morgan fingerprint density at radius 3 is 2.64 bits per heavy atom. The lowest BCUT2D eigenvalue weighted by Crippen LogP contribution is -2.49. The molecule has 5 rings (SSSR count). The molecule has 8 heteroatoms. The molecule has 4 aromatic rings. The van der Waals surface area contributed by atoms with E-state index in [1.807, 2.05) is 42.5 Å². The van der Waals surface area contributed by atoms with E-state index in [4.69, 9.17) is 4.74 Å². The van der Waals surface area contributed by atoms with Gasteiger partial charge in [0.05, 0.1) is 18.2 Å². The summed E-state index contributed by atoms with van der Waals surface area (Å²) in [6, 6.07) is 17.4. The van der Waals surface area contributed by atoms with Crippen LogP contribution in [-0.2, 0) is 27.3 Å². The number of fused-ring (bicyclic) bond motifs is 2. The fourth-order valence-electron chi connectivity index (χ4n) is 4.13. The number of carbonyl (C=O) groups excluding carboxylic acids is 2. The Morgan fingerprint density at radius 1 is 1.09 bits per heavy atom. The molecule has 2 aromatic heterocycles. The number of aromatic nitrogens is 2. The van der Waals surface area contributed by atoms with Gasteiger partial charge in [0.15, 0.2) is 0 Å². The van der Waals surface area contributed by atoms with Gasteiger partial charge in [-0.3, -0.25) is 4.79 Å². The second-order valence-corrected chi connectivity index (χ2v) is 9.52. The van der Waals surface area contributed by atoms with Crippen LogP contribution in [0.25, 0.3) is 21.3 Å². The second-order valence-electron chi connectivity index (χ2n) is 7.70. The summed E-state index contributed by atoms with van der Waals surface area (Å²) in [7, 11) is 1.36. The standard InChI is InChI=1S/C25H21N3O3S2/c1-31-25(30)20-11-17-9-5-6-10-18(17)12-28(20)21(29)14-33-24-22-19(16-7-3-2-4-8-16)13-32-23(22)26-15-27-24/h2-10,13,15,20H,11-12,14H2,1H3. The van der Waals surface area contributed by atoms with Gasteiger partial charge in [0.1, 0.15) is 22.2 Å². The van der Waals surface area contributed by atoms with Crippen molar-refractivity contribution in [1.82, 2.24) is 14.9 Å². The highest BCUT2D eigenvalue weighted by molar-refractivity contribution is 8.00. The molecule has 1 aliphatic heterocycles. The molecule has 0 spiro atoms. The van der Waals surface area contributed by atoms with Crippen molar-refractivity contribution < 1.29 is 14.3 Å². The second kappa shape index (κ2) is 9.33. The number of rotatable bonds is 5. The minimum Gasteiger partial charge on any atom is -0.467 e. The lowest BCUT2D eigenvalue weighted by Gasteiger charge is -2.35. The number of ether oxygens (including phenoxy) is 1. The Balaban J connectivity index is 1.41. The number of carbonyl (C=O) groups is 2. The van der Waals surface area contributed by atoms with Crippen molar-refractivity contribution in [1.29, 1.82) is 0 Å². The van der Waals surface area contributed by atoms with Gasteiger partial charge in [-0.1, -0.05) is 66.4 Å². The van der Waals surface area contributed by atoms with E-state index in [-0.39, 0.29) is 11.7 Å². The topological polar surface area (TPSA) is 72.4 Å². The average molecular weight is 476 g/mol. The first-order valence-electron chi connectivity index (χ1n) is 10.5. The largest absolute Gasteiger partial charge is 0.467 e. The molecule has 1 amide bonds. The van der Waals surface area contributed by atoms with Crippen LogP contribution in [0.4, 0.5) is 0 Å². The van der Waals surface area contributed by atoms with Crippen molar-refractivity contribution >= 4 is 45.2 Å². The normalized spacial score (nSPS) is 15.3. The smallest absolute Gasteiger partial charge is 0.328 e. The van der Waals surface area contributed by atoms with Gasteiger partial charge >= 0.3 is 5.97 Å². The monoisotopic (exact) mass is 475 g/mol. The summed E-state index contributed by atoms with van der Waals surface area (Å²) in [4.78, 5) is 37.2. The van der Waals surface area contributed by atoms with Crippen molar-refractivity contribution in [3.05, 3.63) is 77.4 Å². The number of nitrogens with zero attached hydrogens (tertiary/aromatic N) is 3. The number of thioether (sulfide) groups is 1. The SMILES string of the molecule is COC(=O)C1Cc2ccccc2CN1C(=O)CSc1ncnc2scc(-c3ccccc3)c12. The van der Waals surface area contributed by atoms with Crippen LogP contribution >= 0.6 is 23.1 Å². The highest BCUT2D eigenvalue weighted by Crippen LogP contribution is 2.38. The van der Waals surface area contributed by atoms with Crippen molar-refractivity contribution in [2.45, 2.75) is 24.0 Å². The molecule has 1 aliphatic rings. The first-order chi connectivity index (χ1) is 16.2. The van der Waals surface area contributed by atoms with Crippen molar-refractivity contribution in [2.24, 2.45) is 0 Å². The zero-order chi connectivity index (χ0) is 22.8. The van der Waals surface area contributed by atoms with Crippen LogP contribution in [0.15, 0.2) is 71.3 Å². The molecule has 166 valence electrons. The van der Waals surface area contributed by atoms with Gasteiger partial charge in [0.25, 0.3) is 0 Å². The van der Waals surface area contributed by atoms with Crippen LogP contribution in [0.5, 0.6) is 0 Å². The maximum atomic E-state index is 13.3. The van der Waals surface area contributed by atoms with E-state index in [0.29, 0.717) is 13.0 Å². The van der Waals surface area contributed by atoms with Crippen LogP contribution in [0.1, 0.15) is 11.1 Å². The Morgan fingerprint density at radius 2 is 1.85 bits per heavy atom. The maximum Gasteiger partial charge on any atom is 0.328 e. The molecule has 6 nitrogen and oxygen atoms in total. The predicted molar refractivity (Wildman–Crippen MR) is 130 cm³/mol. The molecular formula is C25H21N3O3S2. The molecule has 0 N–H and O–H groups in total. The molecule has 0 saturated heterocycles. The molecule has 0 fully saturated rings. The Kier molecular flexibility index (Phi) is 6.11. The average Bonchev–Trinajstić information content (AvgIpc) is 3.31. The summed E-state index contributed by atoms with van der Waals surface area (Å²) in [6.45, 7) is 0.391. The van der Waals surface area contributed by atoms with Crippen molar-refractivity contribution in [2.75, 3.05) is 12.9 Å². The van der Waals surface area contributed by atoms with Gasteiger partial charge in [0, 0.05) is 23.9 Å². The van der Waals surface area contributed by atoms with Crippen molar-refractivity contribution in [3.63, 3.8) is 0 Å². The van der Waals surface area contributed by atoms with E-state index < -0.39 is 12.0 Å². The van der Waals surface area contributed by atoms with E-state index in [2.05, 4.69) is 27.5 Å². The van der Waals surface area contributed by atoms with Crippen LogP contribution in [0.3, 0.4) is 0 Å². The van der Waals surface area contributed by atoms with E-state index in [0.717, 1.165) is 37.5 Å². The molecule has 3 heterocycles. The van der Waals surface area contributed by atoms with E-state index >= 15 is 0 Å². The third kappa shape index (κ3) is 4.24. The molecule has 2 aromatic carbocycles.